The molecule has 1 amide bonds. The number of aromatic nitrogens is 5. The second-order valence-electron chi connectivity index (χ2n) is 6.47. The van der Waals surface area contributed by atoms with E-state index in [-0.39, 0.29) is 5.91 Å². The van der Waals surface area contributed by atoms with Gasteiger partial charge in [-0.05, 0) is 54.5 Å². The smallest absolute Gasteiger partial charge is 0.226 e. The van der Waals surface area contributed by atoms with Gasteiger partial charge in [0.25, 0.3) is 0 Å². The van der Waals surface area contributed by atoms with Gasteiger partial charge in [0, 0.05) is 31.1 Å². The Labute approximate surface area is 151 Å². The number of aryl methyl sites for hydroxylation is 2. The highest BCUT2D eigenvalue weighted by atomic mass is 16.1. The van der Waals surface area contributed by atoms with Crippen molar-refractivity contribution >= 4 is 28.2 Å². The minimum atomic E-state index is -0.0704. The number of fused-ring (bicyclic) bond motifs is 1. The van der Waals surface area contributed by atoms with Gasteiger partial charge in [-0.2, -0.15) is 0 Å². The highest BCUT2D eigenvalue weighted by Crippen LogP contribution is 2.32. The Kier molecular flexibility index (Phi) is 4.47. The van der Waals surface area contributed by atoms with Crippen LogP contribution in [0.1, 0.15) is 25.1 Å². The molecule has 0 saturated carbocycles. The summed E-state index contributed by atoms with van der Waals surface area (Å²) in [5.74, 6) is 0.626. The lowest BCUT2D eigenvalue weighted by Crippen LogP contribution is -2.19. The van der Waals surface area contributed by atoms with E-state index < -0.39 is 0 Å². The van der Waals surface area contributed by atoms with Gasteiger partial charge in [-0.25, -0.2) is 4.68 Å². The van der Waals surface area contributed by atoms with Gasteiger partial charge in [-0.3, -0.25) is 9.78 Å². The first-order valence-corrected chi connectivity index (χ1v) is 8.88. The van der Waals surface area contributed by atoms with E-state index in [0.29, 0.717) is 18.8 Å². The normalized spacial score (nSPS) is 14.1. The van der Waals surface area contributed by atoms with Gasteiger partial charge >= 0.3 is 0 Å². The predicted molar refractivity (Wildman–Crippen MR) is 99.0 cm³/mol. The van der Waals surface area contributed by atoms with Crippen LogP contribution in [0.3, 0.4) is 0 Å². The number of carbonyl (C=O) groups is 1. The number of hydrogen-bond donors (Lipinski definition) is 1. The quantitative estimate of drug-likeness (QED) is 0.758. The molecule has 0 aliphatic carbocycles. The molecule has 1 aromatic carbocycles. The number of hydrogen-bond acceptors (Lipinski definition) is 6. The zero-order valence-corrected chi connectivity index (χ0v) is 14.7. The van der Waals surface area contributed by atoms with Crippen LogP contribution in [-0.4, -0.2) is 44.2 Å². The van der Waals surface area contributed by atoms with Crippen LogP contribution in [-0.2, 0) is 11.3 Å². The van der Waals surface area contributed by atoms with Crippen LogP contribution in [0.15, 0.2) is 30.5 Å². The van der Waals surface area contributed by atoms with Crippen LogP contribution in [0, 0.1) is 6.92 Å². The topological polar surface area (TPSA) is 88.8 Å². The van der Waals surface area contributed by atoms with Crippen molar-refractivity contribution < 1.29 is 4.79 Å². The number of amides is 1. The van der Waals surface area contributed by atoms with Gasteiger partial charge in [-0.1, -0.05) is 0 Å². The van der Waals surface area contributed by atoms with Crippen LogP contribution in [0.4, 0.5) is 11.4 Å². The first-order valence-electron chi connectivity index (χ1n) is 8.88. The highest BCUT2D eigenvalue weighted by Gasteiger charge is 2.17. The molecule has 1 aliphatic heterocycles. The largest absolute Gasteiger partial charge is 0.370 e. The fourth-order valence-electron chi connectivity index (χ4n) is 3.36. The molecule has 26 heavy (non-hydrogen) atoms. The van der Waals surface area contributed by atoms with Gasteiger partial charge in [0.15, 0.2) is 0 Å². The molecule has 8 nitrogen and oxygen atoms in total. The summed E-state index contributed by atoms with van der Waals surface area (Å²) in [4.78, 5) is 19.3. The molecule has 3 aromatic rings. The number of benzene rings is 1. The molecule has 1 saturated heterocycles. The molecule has 0 spiro atoms. The van der Waals surface area contributed by atoms with E-state index in [4.69, 9.17) is 0 Å². The molecule has 0 bridgehead atoms. The van der Waals surface area contributed by atoms with Crippen molar-refractivity contribution in [3.05, 3.63) is 36.3 Å². The predicted octanol–water partition coefficient (Wildman–Crippen LogP) is 2.16. The summed E-state index contributed by atoms with van der Waals surface area (Å²) >= 11 is 0. The van der Waals surface area contributed by atoms with E-state index in [1.165, 1.54) is 12.8 Å². The summed E-state index contributed by atoms with van der Waals surface area (Å²) in [6.45, 7) is 4.38. The third kappa shape index (κ3) is 3.22. The lowest BCUT2D eigenvalue weighted by atomic mass is 10.1. The molecular weight excluding hydrogens is 330 g/mol. The van der Waals surface area contributed by atoms with E-state index in [0.717, 1.165) is 35.4 Å². The number of pyridine rings is 1. The fourth-order valence-corrected chi connectivity index (χ4v) is 3.36. The van der Waals surface area contributed by atoms with Crippen LogP contribution < -0.4 is 10.2 Å². The molecule has 0 atom stereocenters. The second-order valence-corrected chi connectivity index (χ2v) is 6.47. The van der Waals surface area contributed by atoms with Gasteiger partial charge in [-0.15, -0.1) is 5.10 Å². The molecule has 3 heterocycles. The Bertz CT molecular complexity index is 930. The molecule has 2 aromatic heterocycles. The van der Waals surface area contributed by atoms with E-state index in [1.54, 1.807) is 10.9 Å². The van der Waals surface area contributed by atoms with Crippen molar-refractivity contribution in [3.8, 4) is 0 Å². The zero-order valence-electron chi connectivity index (χ0n) is 14.7. The Morgan fingerprint density at radius 3 is 2.85 bits per heavy atom. The van der Waals surface area contributed by atoms with E-state index in [9.17, 15) is 4.79 Å². The molecular formula is C18H21N7O. The zero-order chi connectivity index (χ0) is 17.9. The Balaban J connectivity index is 1.54. The van der Waals surface area contributed by atoms with Crippen LogP contribution in [0.5, 0.6) is 0 Å². The van der Waals surface area contributed by atoms with Gasteiger partial charge in [0.05, 0.1) is 23.4 Å². The number of anilines is 2. The van der Waals surface area contributed by atoms with Crippen LogP contribution in [0.25, 0.3) is 10.9 Å². The summed E-state index contributed by atoms with van der Waals surface area (Å²) in [6, 6.07) is 7.93. The summed E-state index contributed by atoms with van der Waals surface area (Å²) in [5, 5.41) is 15.2. The molecule has 1 aliphatic rings. The first-order chi connectivity index (χ1) is 12.7. The maximum absolute atomic E-state index is 12.4. The first kappa shape index (κ1) is 16.4. The molecule has 8 heteroatoms. The van der Waals surface area contributed by atoms with Gasteiger partial charge in [0.2, 0.25) is 5.91 Å². The van der Waals surface area contributed by atoms with Crippen molar-refractivity contribution in [1.82, 2.24) is 25.2 Å². The van der Waals surface area contributed by atoms with Gasteiger partial charge in [0.1, 0.15) is 5.82 Å². The number of nitrogens with zero attached hydrogens (tertiary/aromatic N) is 6. The van der Waals surface area contributed by atoms with Crippen LogP contribution >= 0.6 is 0 Å². The number of tetrazole rings is 1. The standard InChI is InChI=1S/C18H21N7O/c1-13-21-22-23-25(13)12-8-17(26)20-15-6-7-16(24-10-2-3-11-24)18-14(15)5-4-9-19-18/h4-7,9H,2-3,8,10-12H2,1H3,(H,20,26). The molecule has 134 valence electrons. The van der Waals surface area contributed by atoms with E-state index >= 15 is 0 Å². The summed E-state index contributed by atoms with van der Waals surface area (Å²) in [7, 11) is 0. The summed E-state index contributed by atoms with van der Waals surface area (Å²) in [5.41, 5.74) is 2.86. The third-order valence-electron chi connectivity index (χ3n) is 4.73. The summed E-state index contributed by atoms with van der Waals surface area (Å²) in [6.07, 6.45) is 4.53. The van der Waals surface area contributed by atoms with Crippen LogP contribution in [0.2, 0.25) is 0 Å². The number of nitrogens with one attached hydrogen (secondary N) is 1. The van der Waals surface area contributed by atoms with Crippen molar-refractivity contribution in [2.45, 2.75) is 32.7 Å². The monoisotopic (exact) mass is 351 g/mol. The Morgan fingerprint density at radius 2 is 2.08 bits per heavy atom. The van der Waals surface area contributed by atoms with Crippen molar-refractivity contribution in [2.75, 3.05) is 23.3 Å². The molecule has 4 rings (SSSR count). The highest BCUT2D eigenvalue weighted by molar-refractivity contribution is 6.05. The molecule has 0 unspecified atom stereocenters. The average Bonchev–Trinajstić information content (AvgIpc) is 3.32. The average molecular weight is 351 g/mol. The van der Waals surface area contributed by atoms with Crippen molar-refractivity contribution in [3.63, 3.8) is 0 Å². The van der Waals surface area contributed by atoms with Gasteiger partial charge < -0.3 is 10.2 Å². The lowest BCUT2D eigenvalue weighted by molar-refractivity contribution is -0.116. The SMILES string of the molecule is Cc1nnnn1CCC(=O)Nc1ccc(N2CCCC2)c2ncccc12. The Morgan fingerprint density at radius 1 is 1.23 bits per heavy atom. The second kappa shape index (κ2) is 7.07. The van der Waals surface area contributed by atoms with Crippen molar-refractivity contribution in [2.24, 2.45) is 0 Å². The molecule has 1 fully saturated rings. The maximum atomic E-state index is 12.4. The van der Waals surface area contributed by atoms with E-state index in [1.807, 2.05) is 25.1 Å². The fraction of sp³-hybridized carbons (Fsp3) is 0.389. The number of rotatable bonds is 5. The lowest BCUT2D eigenvalue weighted by Gasteiger charge is -2.20. The van der Waals surface area contributed by atoms with Crippen molar-refractivity contribution in [1.29, 1.82) is 0 Å². The van der Waals surface area contributed by atoms with E-state index in [2.05, 4.69) is 36.8 Å². The summed E-state index contributed by atoms with van der Waals surface area (Å²) < 4.78 is 1.62. The molecule has 1 N–H and O–H groups in total. The Hall–Kier alpha value is -3.03. The minimum Gasteiger partial charge on any atom is -0.370 e. The minimum absolute atomic E-state index is 0.0704. The third-order valence-corrected chi connectivity index (χ3v) is 4.73. The number of carbonyl (C=O) groups excluding carboxylic acids is 1. The maximum Gasteiger partial charge on any atom is 0.226 e. The molecule has 0 radical (unpaired) electrons.